The largest absolute Gasteiger partial charge is 0.504 e. The molecule has 0 saturated carbocycles. The fourth-order valence-electron chi connectivity index (χ4n) is 2.81. The minimum Gasteiger partial charge on any atom is -0.504 e. The number of para-hydroxylation sites is 1. The number of ether oxygens (including phenoxy) is 2. The van der Waals surface area contributed by atoms with Gasteiger partial charge in [-0.2, -0.15) is 8.78 Å². The molecule has 0 amide bonds. The number of nitrogens with zero attached hydrogens (tertiary/aromatic N) is 2. The van der Waals surface area contributed by atoms with Gasteiger partial charge >= 0.3 is 6.61 Å². The van der Waals surface area contributed by atoms with E-state index in [9.17, 15) is 13.9 Å². The van der Waals surface area contributed by atoms with Crippen molar-refractivity contribution in [2.75, 3.05) is 27.2 Å². The van der Waals surface area contributed by atoms with Gasteiger partial charge in [0.1, 0.15) is 5.75 Å². The van der Waals surface area contributed by atoms with Gasteiger partial charge < -0.3 is 24.8 Å². The van der Waals surface area contributed by atoms with Crippen LogP contribution < -0.4 is 14.8 Å². The van der Waals surface area contributed by atoms with E-state index in [4.69, 9.17) is 4.74 Å². The fourth-order valence-corrected chi connectivity index (χ4v) is 2.81. The van der Waals surface area contributed by atoms with Crippen LogP contribution in [0.2, 0.25) is 0 Å². The SMILES string of the molecule is CCNC(=NCCc1cccc(OC)c1O)N(C)Cc1ccc(OC(F)F)cc1. The van der Waals surface area contributed by atoms with Gasteiger partial charge in [-0.15, -0.1) is 0 Å². The number of aromatic hydroxyl groups is 1. The number of phenolic OH excluding ortho intramolecular Hbond substituents is 1. The lowest BCUT2D eigenvalue weighted by Gasteiger charge is -2.22. The normalized spacial score (nSPS) is 11.4. The summed E-state index contributed by atoms with van der Waals surface area (Å²) in [7, 11) is 3.41. The molecule has 0 unspecified atom stereocenters. The first-order valence-corrected chi connectivity index (χ1v) is 9.32. The van der Waals surface area contributed by atoms with Crippen molar-refractivity contribution in [3.8, 4) is 17.2 Å². The first kappa shape index (κ1) is 22.3. The van der Waals surface area contributed by atoms with E-state index in [0.717, 1.165) is 11.1 Å². The quantitative estimate of drug-likeness (QED) is 0.491. The Morgan fingerprint density at radius 1 is 1.21 bits per heavy atom. The maximum Gasteiger partial charge on any atom is 0.387 e. The van der Waals surface area contributed by atoms with E-state index in [0.29, 0.717) is 37.8 Å². The summed E-state index contributed by atoms with van der Waals surface area (Å²) in [5.41, 5.74) is 1.70. The molecule has 158 valence electrons. The van der Waals surface area contributed by atoms with Gasteiger partial charge in [-0.1, -0.05) is 24.3 Å². The number of benzene rings is 2. The molecule has 0 bridgehead atoms. The van der Waals surface area contributed by atoms with Crippen molar-refractivity contribution in [1.29, 1.82) is 0 Å². The van der Waals surface area contributed by atoms with E-state index in [1.807, 2.05) is 31.0 Å². The minimum absolute atomic E-state index is 0.130. The molecule has 0 aromatic heterocycles. The van der Waals surface area contributed by atoms with E-state index in [-0.39, 0.29) is 11.5 Å². The minimum atomic E-state index is -2.83. The van der Waals surface area contributed by atoms with E-state index < -0.39 is 6.61 Å². The first-order valence-electron chi connectivity index (χ1n) is 9.32. The molecule has 0 atom stereocenters. The maximum absolute atomic E-state index is 12.3. The first-order chi connectivity index (χ1) is 13.9. The standard InChI is InChI=1S/C21H27F2N3O3/c1-4-24-21(25-13-12-16-6-5-7-18(28-3)19(16)27)26(2)14-15-8-10-17(11-9-15)29-20(22)23/h5-11,20,27H,4,12-14H2,1-3H3,(H,24,25). The lowest BCUT2D eigenvalue weighted by atomic mass is 10.1. The molecular weight excluding hydrogens is 380 g/mol. The zero-order valence-electron chi connectivity index (χ0n) is 16.9. The van der Waals surface area contributed by atoms with Crippen molar-refractivity contribution in [3.05, 3.63) is 53.6 Å². The van der Waals surface area contributed by atoms with E-state index >= 15 is 0 Å². The molecule has 2 aromatic carbocycles. The van der Waals surface area contributed by atoms with Crippen LogP contribution in [0.3, 0.4) is 0 Å². The molecule has 0 spiro atoms. The number of halogens is 2. The summed E-state index contributed by atoms with van der Waals surface area (Å²) in [4.78, 5) is 6.56. The Labute approximate surface area is 169 Å². The third kappa shape index (κ3) is 6.81. The summed E-state index contributed by atoms with van der Waals surface area (Å²) in [6.07, 6.45) is 0.561. The van der Waals surface area contributed by atoms with Crippen LogP contribution in [-0.2, 0) is 13.0 Å². The second kappa shape index (κ2) is 11.1. The molecule has 2 rings (SSSR count). The zero-order valence-corrected chi connectivity index (χ0v) is 16.9. The predicted octanol–water partition coefficient (Wildman–Crippen LogP) is 3.64. The highest BCUT2D eigenvalue weighted by Gasteiger charge is 2.10. The highest BCUT2D eigenvalue weighted by Crippen LogP contribution is 2.29. The molecule has 6 nitrogen and oxygen atoms in total. The monoisotopic (exact) mass is 407 g/mol. The number of nitrogens with one attached hydrogen (secondary N) is 1. The number of phenols is 1. The van der Waals surface area contributed by atoms with Gasteiger partial charge in [0.15, 0.2) is 17.5 Å². The highest BCUT2D eigenvalue weighted by molar-refractivity contribution is 5.79. The average Bonchev–Trinajstić information content (AvgIpc) is 2.69. The highest BCUT2D eigenvalue weighted by atomic mass is 19.3. The third-order valence-corrected chi connectivity index (χ3v) is 4.21. The fraction of sp³-hybridized carbons (Fsp3) is 0.381. The topological polar surface area (TPSA) is 66.3 Å². The third-order valence-electron chi connectivity index (χ3n) is 4.21. The zero-order chi connectivity index (χ0) is 21.2. The van der Waals surface area contributed by atoms with Crippen LogP contribution in [0.5, 0.6) is 17.2 Å². The Morgan fingerprint density at radius 2 is 1.93 bits per heavy atom. The Kier molecular flexibility index (Phi) is 8.51. The molecule has 2 N–H and O–H groups in total. The van der Waals surface area contributed by atoms with Crippen molar-refractivity contribution >= 4 is 5.96 Å². The summed E-state index contributed by atoms with van der Waals surface area (Å²) in [5, 5.41) is 13.4. The summed E-state index contributed by atoms with van der Waals surface area (Å²) in [6.45, 7) is 0.877. The smallest absolute Gasteiger partial charge is 0.387 e. The number of hydrogen-bond donors (Lipinski definition) is 2. The average molecular weight is 407 g/mol. The molecule has 8 heteroatoms. The lowest BCUT2D eigenvalue weighted by molar-refractivity contribution is -0.0498. The van der Waals surface area contributed by atoms with Gasteiger partial charge in [-0.05, 0) is 42.7 Å². The summed E-state index contributed by atoms with van der Waals surface area (Å²) < 4.78 is 34.0. The molecule has 0 aliphatic carbocycles. The second-order valence-corrected chi connectivity index (χ2v) is 6.33. The van der Waals surface area contributed by atoms with Gasteiger partial charge in [-0.25, -0.2) is 0 Å². The Balaban J connectivity index is 2.00. The number of methoxy groups -OCH3 is 1. The molecule has 0 saturated heterocycles. The van der Waals surface area contributed by atoms with Crippen LogP contribution >= 0.6 is 0 Å². The maximum atomic E-state index is 12.3. The molecular formula is C21H27F2N3O3. The van der Waals surface area contributed by atoms with E-state index in [1.54, 1.807) is 18.2 Å². The number of aliphatic imine (C=N–C) groups is 1. The number of hydrogen-bond acceptors (Lipinski definition) is 4. The number of alkyl halides is 2. The predicted molar refractivity (Wildman–Crippen MR) is 109 cm³/mol. The van der Waals surface area contributed by atoms with Crippen LogP contribution in [0.15, 0.2) is 47.5 Å². The Morgan fingerprint density at radius 3 is 2.55 bits per heavy atom. The van der Waals surface area contributed by atoms with Crippen LogP contribution in [0.1, 0.15) is 18.1 Å². The Bertz CT molecular complexity index is 798. The van der Waals surface area contributed by atoms with Gasteiger partial charge in [0.05, 0.1) is 7.11 Å². The van der Waals surface area contributed by atoms with Crippen molar-refractivity contribution < 1.29 is 23.4 Å². The molecule has 0 aliphatic rings. The molecule has 0 heterocycles. The van der Waals surface area contributed by atoms with Crippen molar-refractivity contribution in [1.82, 2.24) is 10.2 Å². The van der Waals surface area contributed by atoms with Gasteiger partial charge in [0.25, 0.3) is 0 Å². The second-order valence-electron chi connectivity index (χ2n) is 6.33. The van der Waals surface area contributed by atoms with Crippen LogP contribution in [0.25, 0.3) is 0 Å². The van der Waals surface area contributed by atoms with Crippen LogP contribution in [-0.4, -0.2) is 49.8 Å². The van der Waals surface area contributed by atoms with Crippen molar-refractivity contribution in [2.24, 2.45) is 4.99 Å². The number of rotatable bonds is 9. The lowest BCUT2D eigenvalue weighted by Crippen LogP contribution is -2.38. The molecule has 0 aliphatic heterocycles. The van der Waals surface area contributed by atoms with E-state index in [2.05, 4.69) is 15.0 Å². The van der Waals surface area contributed by atoms with Gasteiger partial charge in [-0.3, -0.25) is 4.99 Å². The molecule has 0 fully saturated rings. The van der Waals surface area contributed by atoms with Crippen molar-refractivity contribution in [2.45, 2.75) is 26.5 Å². The summed E-state index contributed by atoms with van der Waals surface area (Å²) in [5.74, 6) is 1.41. The van der Waals surface area contributed by atoms with Crippen LogP contribution in [0.4, 0.5) is 8.78 Å². The molecule has 29 heavy (non-hydrogen) atoms. The number of guanidine groups is 1. The summed E-state index contributed by atoms with van der Waals surface area (Å²) in [6, 6.07) is 11.9. The molecule has 0 radical (unpaired) electrons. The molecule has 2 aromatic rings. The van der Waals surface area contributed by atoms with Crippen molar-refractivity contribution in [3.63, 3.8) is 0 Å². The van der Waals surface area contributed by atoms with Gasteiger partial charge in [0.2, 0.25) is 0 Å². The van der Waals surface area contributed by atoms with Gasteiger partial charge in [0, 0.05) is 26.7 Å². The van der Waals surface area contributed by atoms with E-state index in [1.165, 1.54) is 19.2 Å². The Hall–Kier alpha value is -3.03. The summed E-state index contributed by atoms with van der Waals surface area (Å²) >= 11 is 0. The van der Waals surface area contributed by atoms with Crippen LogP contribution in [0, 0.1) is 0 Å².